The van der Waals surface area contributed by atoms with Crippen LogP contribution in [-0.4, -0.2) is 37.0 Å². The maximum atomic E-state index is 5.58. The molecule has 1 fully saturated rings. The first-order valence-corrected chi connectivity index (χ1v) is 6.56. The minimum absolute atomic E-state index is 0.124. The monoisotopic (exact) mass is 300 g/mol. The third kappa shape index (κ3) is 2.97. The molecule has 2 rings (SSSR count). The first-order valence-electron chi connectivity index (χ1n) is 5.77. The van der Waals surface area contributed by atoms with Crippen molar-refractivity contribution in [2.75, 3.05) is 19.0 Å². The van der Waals surface area contributed by atoms with Gasteiger partial charge in [-0.05, 0) is 41.4 Å². The smallest absolute Gasteiger partial charge is 0.106 e. The summed E-state index contributed by atoms with van der Waals surface area (Å²) in [5.41, 5.74) is 1.01. The van der Waals surface area contributed by atoms with Gasteiger partial charge in [0.15, 0.2) is 0 Å². The number of nitrogens with zero attached hydrogens (tertiary/aromatic N) is 1. The number of anilines is 1. The quantitative estimate of drug-likeness (QED) is 0.848. The molecule has 1 aliphatic rings. The van der Waals surface area contributed by atoms with E-state index in [4.69, 9.17) is 9.47 Å². The van der Waals surface area contributed by atoms with Crippen LogP contribution in [0.4, 0.5) is 5.69 Å². The van der Waals surface area contributed by atoms with Gasteiger partial charge in [-0.15, -0.1) is 0 Å². The summed E-state index contributed by atoms with van der Waals surface area (Å²) in [6.45, 7) is 2.74. The summed E-state index contributed by atoms with van der Waals surface area (Å²) in [6, 6.07) is 4.22. The normalized spacial score (nSPS) is 27.6. The molecular weight excluding hydrogens is 284 g/mol. The summed E-state index contributed by atoms with van der Waals surface area (Å²) in [6.07, 6.45) is 3.12. The van der Waals surface area contributed by atoms with Crippen LogP contribution in [0.15, 0.2) is 22.9 Å². The number of aromatic nitrogens is 1. The van der Waals surface area contributed by atoms with Crippen molar-refractivity contribution in [3.63, 3.8) is 0 Å². The second-order valence-corrected chi connectivity index (χ2v) is 4.86. The number of ether oxygens (including phenoxy) is 2. The molecule has 94 valence electrons. The number of hydrogen-bond donors (Lipinski definition) is 1. The number of rotatable bonds is 5. The Morgan fingerprint density at radius 1 is 1.53 bits per heavy atom. The third-order valence-corrected chi connectivity index (χ3v) is 3.45. The number of hydrogen-bond acceptors (Lipinski definition) is 4. The average molecular weight is 301 g/mol. The van der Waals surface area contributed by atoms with E-state index in [1.54, 1.807) is 7.11 Å². The van der Waals surface area contributed by atoms with Crippen LogP contribution in [-0.2, 0) is 9.47 Å². The highest BCUT2D eigenvalue weighted by Gasteiger charge is 2.42. The van der Waals surface area contributed by atoms with Gasteiger partial charge in [-0.2, -0.15) is 0 Å². The number of nitrogens with one attached hydrogen (secondary N) is 1. The Morgan fingerprint density at radius 3 is 2.94 bits per heavy atom. The van der Waals surface area contributed by atoms with E-state index in [2.05, 4.69) is 26.2 Å². The van der Waals surface area contributed by atoms with E-state index >= 15 is 0 Å². The number of methoxy groups -OCH3 is 1. The van der Waals surface area contributed by atoms with E-state index in [9.17, 15) is 0 Å². The first kappa shape index (κ1) is 12.8. The Labute approximate surface area is 110 Å². The first-order chi connectivity index (χ1) is 8.24. The molecule has 1 saturated carbocycles. The highest BCUT2D eigenvalue weighted by molar-refractivity contribution is 9.10. The molecule has 17 heavy (non-hydrogen) atoms. The summed E-state index contributed by atoms with van der Waals surface area (Å²) in [5, 5.41) is 3.41. The fourth-order valence-electron chi connectivity index (χ4n) is 2.09. The van der Waals surface area contributed by atoms with Crippen LogP contribution in [0.1, 0.15) is 13.3 Å². The lowest BCUT2D eigenvalue weighted by atomic mass is 9.85. The van der Waals surface area contributed by atoms with E-state index in [0.29, 0.717) is 6.04 Å². The molecule has 0 amide bonds. The van der Waals surface area contributed by atoms with Crippen molar-refractivity contribution in [1.82, 2.24) is 4.98 Å². The van der Waals surface area contributed by atoms with Gasteiger partial charge in [-0.1, -0.05) is 0 Å². The van der Waals surface area contributed by atoms with Gasteiger partial charge in [0.1, 0.15) is 10.7 Å². The molecule has 0 aromatic carbocycles. The Balaban J connectivity index is 1.90. The topological polar surface area (TPSA) is 43.4 Å². The second kappa shape index (κ2) is 5.80. The van der Waals surface area contributed by atoms with E-state index < -0.39 is 0 Å². The molecule has 0 saturated heterocycles. The van der Waals surface area contributed by atoms with Crippen molar-refractivity contribution in [3.05, 3.63) is 22.9 Å². The Hall–Kier alpha value is -0.650. The lowest BCUT2D eigenvalue weighted by molar-refractivity contribution is -0.118. The molecule has 0 aliphatic heterocycles. The van der Waals surface area contributed by atoms with E-state index in [0.717, 1.165) is 23.3 Å². The maximum Gasteiger partial charge on any atom is 0.106 e. The number of halogens is 1. The molecule has 0 radical (unpaired) electrons. The molecule has 1 aliphatic carbocycles. The van der Waals surface area contributed by atoms with E-state index in [1.165, 1.54) is 0 Å². The molecule has 0 spiro atoms. The van der Waals surface area contributed by atoms with Gasteiger partial charge < -0.3 is 14.8 Å². The minimum Gasteiger partial charge on any atom is -0.378 e. The van der Waals surface area contributed by atoms with Crippen molar-refractivity contribution >= 4 is 21.6 Å². The zero-order chi connectivity index (χ0) is 12.3. The SMILES string of the molecule is CCOC1CC(Nc2ccc(Br)nc2)C1OC. The summed E-state index contributed by atoms with van der Waals surface area (Å²) in [7, 11) is 1.73. The summed E-state index contributed by atoms with van der Waals surface area (Å²) < 4.78 is 11.9. The van der Waals surface area contributed by atoms with E-state index in [1.807, 2.05) is 25.3 Å². The van der Waals surface area contributed by atoms with E-state index in [-0.39, 0.29) is 12.2 Å². The highest BCUT2D eigenvalue weighted by atomic mass is 79.9. The molecule has 1 aromatic heterocycles. The second-order valence-electron chi connectivity index (χ2n) is 4.05. The molecule has 1 aromatic rings. The molecular formula is C12H17BrN2O2. The van der Waals surface area contributed by atoms with Gasteiger partial charge in [0.05, 0.1) is 24.0 Å². The van der Waals surface area contributed by atoms with Gasteiger partial charge in [-0.25, -0.2) is 4.98 Å². The van der Waals surface area contributed by atoms with Crippen LogP contribution in [0.5, 0.6) is 0 Å². The van der Waals surface area contributed by atoms with Crippen LogP contribution in [0, 0.1) is 0 Å². The largest absolute Gasteiger partial charge is 0.378 e. The molecule has 3 atom stereocenters. The summed E-state index contributed by atoms with van der Waals surface area (Å²) in [4.78, 5) is 4.18. The fraction of sp³-hybridized carbons (Fsp3) is 0.583. The van der Waals surface area contributed by atoms with Crippen LogP contribution < -0.4 is 5.32 Å². The lowest BCUT2D eigenvalue weighted by Gasteiger charge is -2.43. The predicted octanol–water partition coefficient (Wildman–Crippen LogP) is 2.45. The molecule has 1 N–H and O–H groups in total. The van der Waals surface area contributed by atoms with Crippen molar-refractivity contribution in [2.24, 2.45) is 0 Å². The van der Waals surface area contributed by atoms with Gasteiger partial charge >= 0.3 is 0 Å². The Morgan fingerprint density at radius 2 is 2.35 bits per heavy atom. The van der Waals surface area contributed by atoms with Gasteiger partial charge in [0.2, 0.25) is 0 Å². The Kier molecular flexibility index (Phi) is 4.36. The molecule has 5 heteroatoms. The maximum absolute atomic E-state index is 5.58. The fourth-order valence-corrected chi connectivity index (χ4v) is 2.33. The molecule has 1 heterocycles. The van der Waals surface area contributed by atoms with Crippen molar-refractivity contribution in [2.45, 2.75) is 31.6 Å². The predicted molar refractivity (Wildman–Crippen MR) is 70.2 cm³/mol. The van der Waals surface area contributed by atoms with Gasteiger partial charge in [-0.3, -0.25) is 0 Å². The highest BCUT2D eigenvalue weighted by Crippen LogP contribution is 2.29. The summed E-state index contributed by atoms with van der Waals surface area (Å²) in [5.74, 6) is 0. The van der Waals surface area contributed by atoms with Crippen molar-refractivity contribution < 1.29 is 9.47 Å². The number of pyridine rings is 1. The van der Waals surface area contributed by atoms with Gasteiger partial charge in [0.25, 0.3) is 0 Å². The molecule has 3 unspecified atom stereocenters. The van der Waals surface area contributed by atoms with Gasteiger partial charge in [0, 0.05) is 13.7 Å². The van der Waals surface area contributed by atoms with Crippen LogP contribution >= 0.6 is 15.9 Å². The van der Waals surface area contributed by atoms with Crippen LogP contribution in [0.2, 0.25) is 0 Å². The zero-order valence-electron chi connectivity index (χ0n) is 10.0. The van der Waals surface area contributed by atoms with Crippen LogP contribution in [0.3, 0.4) is 0 Å². The van der Waals surface area contributed by atoms with Crippen molar-refractivity contribution in [3.8, 4) is 0 Å². The Bertz CT molecular complexity index is 358. The summed E-state index contributed by atoms with van der Waals surface area (Å²) >= 11 is 3.31. The standard InChI is InChI=1S/C12H17BrN2O2/c1-3-17-10-6-9(12(10)16-2)15-8-4-5-11(13)14-7-8/h4-5,7,9-10,12,15H,3,6H2,1-2H3. The molecule has 4 nitrogen and oxygen atoms in total. The zero-order valence-corrected chi connectivity index (χ0v) is 11.6. The van der Waals surface area contributed by atoms with Crippen LogP contribution in [0.25, 0.3) is 0 Å². The van der Waals surface area contributed by atoms with Crippen molar-refractivity contribution in [1.29, 1.82) is 0 Å². The average Bonchev–Trinajstić information content (AvgIpc) is 2.30. The third-order valence-electron chi connectivity index (χ3n) is 2.98. The lowest BCUT2D eigenvalue weighted by Crippen LogP contribution is -2.56. The molecule has 0 bridgehead atoms. The minimum atomic E-state index is 0.124.